The average molecular weight is 212 g/mol. The predicted octanol–water partition coefficient (Wildman–Crippen LogP) is 2.63. The monoisotopic (exact) mass is 212 g/mol. The second-order valence-corrected chi connectivity index (χ2v) is 4.03. The number of halogens is 2. The average Bonchev–Trinajstić information content (AvgIpc) is 2.17. The minimum Gasteiger partial charge on any atom is -0.356 e. The number of rotatable bonds is 1. The Morgan fingerprint density at radius 1 is 1.33 bits per heavy atom. The van der Waals surface area contributed by atoms with E-state index in [4.69, 9.17) is 0 Å². The summed E-state index contributed by atoms with van der Waals surface area (Å²) >= 11 is 0. The first-order valence-corrected chi connectivity index (χ1v) is 5.12. The van der Waals surface area contributed by atoms with Gasteiger partial charge in [-0.1, -0.05) is 0 Å². The molecule has 0 radical (unpaired) electrons. The highest BCUT2D eigenvalue weighted by Gasteiger charge is 2.34. The number of aromatic nitrogens is 1. The Bertz CT molecular complexity index is 342. The molecule has 0 N–H and O–H groups in total. The number of pyridine rings is 1. The van der Waals surface area contributed by atoms with Crippen molar-refractivity contribution in [2.24, 2.45) is 0 Å². The fourth-order valence-corrected chi connectivity index (χ4v) is 1.76. The maximum atomic E-state index is 12.9. The second kappa shape index (κ2) is 3.76. The smallest absolute Gasteiger partial charge is 0.251 e. The number of nitrogens with zero attached hydrogens (tertiary/aromatic N) is 2. The lowest BCUT2D eigenvalue weighted by Crippen LogP contribution is -2.39. The summed E-state index contributed by atoms with van der Waals surface area (Å²) in [5, 5.41) is 0. The van der Waals surface area contributed by atoms with E-state index in [0.29, 0.717) is 13.1 Å². The van der Waals surface area contributed by atoms with E-state index < -0.39 is 5.92 Å². The van der Waals surface area contributed by atoms with Crippen LogP contribution >= 0.6 is 0 Å². The first kappa shape index (κ1) is 10.3. The van der Waals surface area contributed by atoms with Crippen molar-refractivity contribution in [3.8, 4) is 0 Å². The number of aryl methyl sites for hydroxylation is 1. The zero-order valence-corrected chi connectivity index (χ0v) is 8.71. The fourth-order valence-electron chi connectivity index (χ4n) is 1.76. The molecule has 1 aromatic rings. The van der Waals surface area contributed by atoms with E-state index in [1.54, 1.807) is 6.20 Å². The third kappa shape index (κ3) is 2.43. The van der Waals surface area contributed by atoms with E-state index in [1.807, 2.05) is 24.0 Å². The molecule has 1 saturated heterocycles. The zero-order chi connectivity index (χ0) is 10.9. The number of piperidine rings is 1. The Balaban J connectivity index is 2.08. The number of anilines is 1. The molecule has 0 aromatic carbocycles. The van der Waals surface area contributed by atoms with Crippen LogP contribution in [0.2, 0.25) is 0 Å². The van der Waals surface area contributed by atoms with Gasteiger partial charge in [0.2, 0.25) is 0 Å². The van der Waals surface area contributed by atoms with Crippen LogP contribution in [0.4, 0.5) is 14.6 Å². The van der Waals surface area contributed by atoms with Crippen molar-refractivity contribution in [2.45, 2.75) is 25.7 Å². The third-order valence-electron chi connectivity index (χ3n) is 2.72. The van der Waals surface area contributed by atoms with E-state index in [2.05, 4.69) is 4.98 Å². The van der Waals surface area contributed by atoms with Crippen molar-refractivity contribution in [1.82, 2.24) is 4.98 Å². The standard InChI is InChI=1S/C11H14F2N2/c1-9-2-5-14-10(8-9)15-6-3-11(12,13)4-7-15/h2,5,8H,3-4,6-7H2,1H3. The van der Waals surface area contributed by atoms with Gasteiger partial charge in [0.25, 0.3) is 5.92 Å². The van der Waals surface area contributed by atoms with E-state index in [0.717, 1.165) is 11.4 Å². The van der Waals surface area contributed by atoms with Crippen LogP contribution in [-0.4, -0.2) is 24.0 Å². The number of hydrogen-bond acceptors (Lipinski definition) is 2. The molecule has 1 fully saturated rings. The van der Waals surface area contributed by atoms with E-state index >= 15 is 0 Å². The van der Waals surface area contributed by atoms with Gasteiger partial charge in [0.15, 0.2) is 0 Å². The molecule has 0 aliphatic carbocycles. The summed E-state index contributed by atoms with van der Waals surface area (Å²) in [6, 6.07) is 3.84. The van der Waals surface area contributed by atoms with Gasteiger partial charge < -0.3 is 4.90 Å². The molecule has 1 aliphatic rings. The van der Waals surface area contributed by atoms with E-state index in [-0.39, 0.29) is 12.8 Å². The third-order valence-corrected chi connectivity index (χ3v) is 2.72. The summed E-state index contributed by atoms with van der Waals surface area (Å²) in [5.74, 6) is -1.68. The molecule has 0 saturated carbocycles. The molecule has 2 nitrogen and oxygen atoms in total. The van der Waals surface area contributed by atoms with Crippen LogP contribution in [0.1, 0.15) is 18.4 Å². The Morgan fingerprint density at radius 3 is 2.60 bits per heavy atom. The molecule has 0 unspecified atom stereocenters. The van der Waals surface area contributed by atoms with E-state index in [1.165, 1.54) is 0 Å². The Labute approximate surface area is 87.9 Å². The van der Waals surface area contributed by atoms with Gasteiger partial charge in [-0.3, -0.25) is 0 Å². The van der Waals surface area contributed by atoms with Crippen LogP contribution in [0.15, 0.2) is 18.3 Å². The van der Waals surface area contributed by atoms with Crippen molar-refractivity contribution in [3.05, 3.63) is 23.9 Å². The second-order valence-electron chi connectivity index (χ2n) is 4.03. The van der Waals surface area contributed by atoms with Crippen LogP contribution in [-0.2, 0) is 0 Å². The van der Waals surface area contributed by atoms with Gasteiger partial charge in [-0.15, -0.1) is 0 Å². The first-order chi connectivity index (χ1) is 7.07. The quantitative estimate of drug-likeness (QED) is 0.711. The molecule has 4 heteroatoms. The van der Waals surface area contributed by atoms with Crippen LogP contribution in [0.25, 0.3) is 0 Å². The molecule has 0 amide bonds. The molecule has 2 heterocycles. The Morgan fingerprint density at radius 2 is 2.00 bits per heavy atom. The molecular formula is C11H14F2N2. The van der Waals surface area contributed by atoms with Gasteiger partial charge in [-0.2, -0.15) is 0 Å². The minimum absolute atomic E-state index is 0.0668. The molecule has 15 heavy (non-hydrogen) atoms. The Hall–Kier alpha value is -1.19. The van der Waals surface area contributed by atoms with Gasteiger partial charge in [0, 0.05) is 32.1 Å². The van der Waals surface area contributed by atoms with Crippen LogP contribution in [0, 0.1) is 6.92 Å². The lowest BCUT2D eigenvalue weighted by Gasteiger charge is -2.32. The molecular weight excluding hydrogens is 198 g/mol. The van der Waals surface area contributed by atoms with Crippen LogP contribution < -0.4 is 4.90 Å². The fraction of sp³-hybridized carbons (Fsp3) is 0.545. The van der Waals surface area contributed by atoms with Gasteiger partial charge in [-0.05, 0) is 24.6 Å². The molecule has 1 aliphatic heterocycles. The summed E-state index contributed by atoms with van der Waals surface area (Å²) in [4.78, 5) is 6.11. The summed E-state index contributed by atoms with van der Waals surface area (Å²) in [6.45, 7) is 2.76. The van der Waals surface area contributed by atoms with Crippen molar-refractivity contribution in [3.63, 3.8) is 0 Å². The lowest BCUT2D eigenvalue weighted by atomic mass is 10.1. The van der Waals surface area contributed by atoms with Crippen LogP contribution in [0.3, 0.4) is 0 Å². The SMILES string of the molecule is Cc1ccnc(N2CCC(F)(F)CC2)c1. The zero-order valence-electron chi connectivity index (χ0n) is 8.71. The molecule has 0 spiro atoms. The molecule has 1 aromatic heterocycles. The number of alkyl halides is 2. The largest absolute Gasteiger partial charge is 0.356 e. The van der Waals surface area contributed by atoms with Crippen molar-refractivity contribution in [1.29, 1.82) is 0 Å². The number of hydrogen-bond donors (Lipinski definition) is 0. The van der Waals surface area contributed by atoms with Crippen LogP contribution in [0.5, 0.6) is 0 Å². The van der Waals surface area contributed by atoms with Gasteiger partial charge in [-0.25, -0.2) is 13.8 Å². The molecule has 2 rings (SSSR count). The predicted molar refractivity (Wildman–Crippen MR) is 55.4 cm³/mol. The van der Waals surface area contributed by atoms with E-state index in [9.17, 15) is 8.78 Å². The van der Waals surface area contributed by atoms with Crippen molar-refractivity contribution < 1.29 is 8.78 Å². The van der Waals surface area contributed by atoms with Gasteiger partial charge >= 0.3 is 0 Å². The first-order valence-electron chi connectivity index (χ1n) is 5.12. The summed E-state index contributed by atoms with van der Waals surface area (Å²) in [6.07, 6.45) is 1.59. The molecule has 0 bridgehead atoms. The maximum absolute atomic E-state index is 12.9. The molecule has 0 atom stereocenters. The summed E-state index contributed by atoms with van der Waals surface area (Å²) < 4.78 is 25.9. The van der Waals surface area contributed by atoms with Crippen molar-refractivity contribution >= 4 is 5.82 Å². The lowest BCUT2D eigenvalue weighted by molar-refractivity contribution is -0.0221. The van der Waals surface area contributed by atoms with Crippen molar-refractivity contribution in [2.75, 3.05) is 18.0 Å². The molecule has 82 valence electrons. The maximum Gasteiger partial charge on any atom is 0.251 e. The highest BCUT2D eigenvalue weighted by molar-refractivity contribution is 5.41. The van der Waals surface area contributed by atoms with Gasteiger partial charge in [0.1, 0.15) is 5.82 Å². The topological polar surface area (TPSA) is 16.1 Å². The minimum atomic E-state index is -2.49. The van der Waals surface area contributed by atoms with Gasteiger partial charge in [0.05, 0.1) is 0 Å². The summed E-state index contributed by atoms with van der Waals surface area (Å²) in [7, 11) is 0. The highest BCUT2D eigenvalue weighted by Crippen LogP contribution is 2.29. The summed E-state index contributed by atoms with van der Waals surface area (Å²) in [5.41, 5.74) is 1.11. The normalized spacial score (nSPS) is 20.3. The highest BCUT2D eigenvalue weighted by atomic mass is 19.3. The Kier molecular flexibility index (Phi) is 2.59.